The number of nitrogens with one attached hydrogen (secondary N) is 1. The number of likely N-dealkylation sites (N-methyl/N-ethyl adjacent to an activating group) is 1. The van der Waals surface area contributed by atoms with Gasteiger partial charge in [-0.2, -0.15) is 0 Å². The predicted molar refractivity (Wildman–Crippen MR) is 81.3 cm³/mol. The molecule has 0 saturated carbocycles. The van der Waals surface area contributed by atoms with Crippen LogP contribution in [0.4, 0.5) is 0 Å². The van der Waals surface area contributed by atoms with Gasteiger partial charge in [0.2, 0.25) is 0 Å². The van der Waals surface area contributed by atoms with Gasteiger partial charge in [-0.15, -0.1) is 0 Å². The predicted octanol–water partition coefficient (Wildman–Crippen LogP) is 3.42. The molecule has 0 aromatic heterocycles. The quantitative estimate of drug-likeness (QED) is 0.837. The zero-order chi connectivity index (χ0) is 14.2. The largest absolute Gasteiger partial charge is 0.497 e. The summed E-state index contributed by atoms with van der Waals surface area (Å²) in [5.41, 5.74) is 1.23. The topological polar surface area (TPSA) is 30.5 Å². The first-order valence-corrected chi connectivity index (χ1v) is 6.88. The van der Waals surface area contributed by atoms with Crippen molar-refractivity contribution < 1.29 is 9.47 Å². The second-order valence-corrected chi connectivity index (χ2v) is 4.51. The Morgan fingerprint density at radius 3 is 2.45 bits per heavy atom. The van der Waals surface area contributed by atoms with Crippen LogP contribution in [0.2, 0.25) is 0 Å². The van der Waals surface area contributed by atoms with Crippen LogP contribution in [-0.4, -0.2) is 20.3 Å². The molecule has 0 heterocycles. The van der Waals surface area contributed by atoms with E-state index in [0.717, 1.165) is 18.0 Å². The highest BCUT2D eigenvalue weighted by atomic mass is 16.5. The van der Waals surface area contributed by atoms with Gasteiger partial charge in [-0.1, -0.05) is 43.3 Å². The van der Waals surface area contributed by atoms with E-state index >= 15 is 0 Å². The maximum atomic E-state index is 5.88. The van der Waals surface area contributed by atoms with Gasteiger partial charge in [0.25, 0.3) is 0 Å². The third-order valence-corrected chi connectivity index (χ3v) is 3.11. The van der Waals surface area contributed by atoms with Gasteiger partial charge in [-0.3, -0.25) is 0 Å². The van der Waals surface area contributed by atoms with E-state index in [0.29, 0.717) is 6.61 Å². The highest BCUT2D eigenvalue weighted by Crippen LogP contribution is 2.21. The maximum absolute atomic E-state index is 5.88. The minimum atomic E-state index is 0.187. The number of hydrogen-bond acceptors (Lipinski definition) is 3. The Hall–Kier alpha value is -2.00. The van der Waals surface area contributed by atoms with Crippen LogP contribution in [0.15, 0.2) is 54.6 Å². The molecular formula is C17H21NO2. The van der Waals surface area contributed by atoms with E-state index in [2.05, 4.69) is 24.4 Å². The van der Waals surface area contributed by atoms with E-state index in [1.165, 1.54) is 5.56 Å². The molecule has 1 unspecified atom stereocenters. The van der Waals surface area contributed by atoms with Crippen molar-refractivity contribution in [1.29, 1.82) is 0 Å². The first-order chi connectivity index (χ1) is 9.83. The summed E-state index contributed by atoms with van der Waals surface area (Å²) in [6.45, 7) is 3.59. The molecule has 3 nitrogen and oxygen atoms in total. The molecule has 106 valence electrons. The lowest BCUT2D eigenvalue weighted by molar-refractivity contribution is 0.267. The molecule has 0 saturated heterocycles. The van der Waals surface area contributed by atoms with E-state index in [-0.39, 0.29) is 6.04 Å². The minimum absolute atomic E-state index is 0.187. The second-order valence-electron chi connectivity index (χ2n) is 4.51. The second kappa shape index (κ2) is 7.56. The molecule has 2 aromatic carbocycles. The molecule has 0 aliphatic heterocycles. The van der Waals surface area contributed by atoms with Gasteiger partial charge in [0.15, 0.2) is 0 Å². The zero-order valence-electron chi connectivity index (χ0n) is 12.0. The van der Waals surface area contributed by atoms with Gasteiger partial charge in [-0.05, 0) is 24.2 Å². The van der Waals surface area contributed by atoms with Crippen LogP contribution >= 0.6 is 0 Å². The normalized spacial score (nSPS) is 11.9. The highest BCUT2D eigenvalue weighted by molar-refractivity contribution is 5.33. The maximum Gasteiger partial charge on any atom is 0.123 e. The molecule has 1 N–H and O–H groups in total. The van der Waals surface area contributed by atoms with Gasteiger partial charge in [-0.25, -0.2) is 0 Å². The van der Waals surface area contributed by atoms with Crippen molar-refractivity contribution in [2.24, 2.45) is 0 Å². The van der Waals surface area contributed by atoms with E-state index in [1.54, 1.807) is 7.11 Å². The molecule has 0 aliphatic rings. The Balaban J connectivity index is 2.02. The summed E-state index contributed by atoms with van der Waals surface area (Å²) in [5.74, 6) is 1.63. The monoisotopic (exact) mass is 271 g/mol. The summed E-state index contributed by atoms with van der Waals surface area (Å²) >= 11 is 0. The minimum Gasteiger partial charge on any atom is -0.497 e. The molecular weight excluding hydrogens is 250 g/mol. The fourth-order valence-electron chi connectivity index (χ4n) is 2.08. The van der Waals surface area contributed by atoms with Crippen molar-refractivity contribution in [3.05, 3.63) is 60.2 Å². The van der Waals surface area contributed by atoms with Gasteiger partial charge in [0, 0.05) is 6.07 Å². The van der Waals surface area contributed by atoms with Crippen molar-refractivity contribution >= 4 is 0 Å². The highest BCUT2D eigenvalue weighted by Gasteiger charge is 2.10. The number of rotatable bonds is 7. The molecule has 0 bridgehead atoms. The van der Waals surface area contributed by atoms with Crippen LogP contribution in [0.3, 0.4) is 0 Å². The van der Waals surface area contributed by atoms with Crippen molar-refractivity contribution in [1.82, 2.24) is 5.32 Å². The fourth-order valence-corrected chi connectivity index (χ4v) is 2.08. The first kappa shape index (κ1) is 14.4. The molecule has 0 amide bonds. The number of hydrogen-bond donors (Lipinski definition) is 1. The van der Waals surface area contributed by atoms with Crippen molar-refractivity contribution in [3.8, 4) is 11.5 Å². The molecule has 0 aliphatic carbocycles. The molecule has 2 rings (SSSR count). The SMILES string of the molecule is CCNC(COc1cccc(OC)c1)c1ccccc1. The average Bonchev–Trinajstić information content (AvgIpc) is 2.52. The Labute approximate surface area is 120 Å². The Bertz CT molecular complexity index is 513. The van der Waals surface area contributed by atoms with Crippen LogP contribution < -0.4 is 14.8 Å². The molecule has 0 fully saturated rings. The van der Waals surface area contributed by atoms with Gasteiger partial charge >= 0.3 is 0 Å². The molecule has 0 spiro atoms. The smallest absolute Gasteiger partial charge is 0.123 e. The Kier molecular flexibility index (Phi) is 5.44. The van der Waals surface area contributed by atoms with Crippen LogP contribution in [0, 0.1) is 0 Å². The Morgan fingerprint density at radius 2 is 1.75 bits per heavy atom. The van der Waals surface area contributed by atoms with Gasteiger partial charge in [0.1, 0.15) is 18.1 Å². The van der Waals surface area contributed by atoms with Crippen LogP contribution in [0.5, 0.6) is 11.5 Å². The summed E-state index contributed by atoms with van der Waals surface area (Å²) in [7, 11) is 1.66. The first-order valence-electron chi connectivity index (χ1n) is 6.88. The third-order valence-electron chi connectivity index (χ3n) is 3.11. The molecule has 2 aromatic rings. The summed E-state index contributed by atoms with van der Waals surface area (Å²) in [4.78, 5) is 0. The van der Waals surface area contributed by atoms with Crippen molar-refractivity contribution in [3.63, 3.8) is 0 Å². The van der Waals surface area contributed by atoms with E-state index < -0.39 is 0 Å². The molecule has 3 heteroatoms. The van der Waals surface area contributed by atoms with Crippen LogP contribution in [0.1, 0.15) is 18.5 Å². The molecule has 0 radical (unpaired) electrons. The van der Waals surface area contributed by atoms with Gasteiger partial charge < -0.3 is 14.8 Å². The average molecular weight is 271 g/mol. The standard InChI is InChI=1S/C17H21NO2/c1-3-18-17(14-8-5-4-6-9-14)13-20-16-11-7-10-15(12-16)19-2/h4-12,17-18H,3,13H2,1-2H3. The lowest BCUT2D eigenvalue weighted by Crippen LogP contribution is -2.26. The summed E-state index contributed by atoms with van der Waals surface area (Å²) in [5, 5.41) is 3.44. The van der Waals surface area contributed by atoms with Gasteiger partial charge in [0.05, 0.1) is 13.2 Å². The molecule has 20 heavy (non-hydrogen) atoms. The Morgan fingerprint density at radius 1 is 1.00 bits per heavy atom. The zero-order valence-corrected chi connectivity index (χ0v) is 12.0. The van der Waals surface area contributed by atoms with Crippen molar-refractivity contribution in [2.75, 3.05) is 20.3 Å². The van der Waals surface area contributed by atoms with Crippen molar-refractivity contribution in [2.45, 2.75) is 13.0 Å². The van der Waals surface area contributed by atoms with Crippen LogP contribution in [0.25, 0.3) is 0 Å². The number of methoxy groups -OCH3 is 1. The third kappa shape index (κ3) is 4.00. The fraction of sp³-hybridized carbons (Fsp3) is 0.294. The number of ether oxygens (including phenoxy) is 2. The van der Waals surface area contributed by atoms with Crippen LogP contribution in [-0.2, 0) is 0 Å². The summed E-state index contributed by atoms with van der Waals surface area (Å²) in [6.07, 6.45) is 0. The van der Waals surface area contributed by atoms with E-state index in [4.69, 9.17) is 9.47 Å². The lowest BCUT2D eigenvalue weighted by atomic mass is 10.1. The van der Waals surface area contributed by atoms with E-state index in [9.17, 15) is 0 Å². The summed E-state index contributed by atoms with van der Waals surface area (Å²) < 4.78 is 11.1. The lowest BCUT2D eigenvalue weighted by Gasteiger charge is -2.19. The van der Waals surface area contributed by atoms with E-state index in [1.807, 2.05) is 42.5 Å². The summed E-state index contributed by atoms with van der Waals surface area (Å²) in [6, 6.07) is 18.2. The number of benzene rings is 2. The molecule has 1 atom stereocenters.